The van der Waals surface area contributed by atoms with Crippen LogP contribution in [0.25, 0.3) is 0 Å². The van der Waals surface area contributed by atoms with Gasteiger partial charge in [-0.3, -0.25) is 4.79 Å². The number of hydrogen-bond donors (Lipinski definition) is 1. The van der Waals surface area contributed by atoms with Gasteiger partial charge in [-0.15, -0.1) is 0 Å². The maximum absolute atomic E-state index is 12.7. The summed E-state index contributed by atoms with van der Waals surface area (Å²) in [5.74, 6) is 5.51. The van der Waals surface area contributed by atoms with E-state index < -0.39 is 0 Å². The van der Waals surface area contributed by atoms with Crippen LogP contribution in [-0.4, -0.2) is 35.6 Å². The summed E-state index contributed by atoms with van der Waals surface area (Å²) < 4.78 is 0. The summed E-state index contributed by atoms with van der Waals surface area (Å²) in [6.07, 6.45) is 2.20. The van der Waals surface area contributed by atoms with Crippen molar-refractivity contribution in [3.05, 3.63) is 35.4 Å². The molecule has 0 spiro atoms. The van der Waals surface area contributed by atoms with Gasteiger partial charge >= 0.3 is 0 Å². The monoisotopic (exact) mass is 271 g/mol. The minimum absolute atomic E-state index is 0.0422. The largest absolute Gasteiger partial charge is 0.384 e. The number of aliphatic hydroxyl groups excluding tert-OH is 1. The van der Waals surface area contributed by atoms with Crippen LogP contribution in [0.5, 0.6) is 0 Å². The first kappa shape index (κ1) is 14.6. The Kier molecular flexibility index (Phi) is 4.46. The zero-order valence-electron chi connectivity index (χ0n) is 12.1. The smallest absolute Gasteiger partial charge is 0.255 e. The maximum Gasteiger partial charge on any atom is 0.255 e. The molecule has 1 N–H and O–H groups in total. The summed E-state index contributed by atoms with van der Waals surface area (Å²) in [7, 11) is 0. The lowest BCUT2D eigenvalue weighted by molar-refractivity contribution is 0.0583. The molecule has 0 unspecified atom stereocenters. The fraction of sp³-hybridized carbons (Fsp3) is 0.471. The molecule has 3 nitrogen and oxygen atoms in total. The molecule has 1 aliphatic rings. The lowest BCUT2D eigenvalue weighted by Crippen LogP contribution is -2.43. The number of likely N-dealkylation sites (tertiary alicyclic amines) is 1. The van der Waals surface area contributed by atoms with Crippen LogP contribution in [0.2, 0.25) is 0 Å². The molecular weight excluding hydrogens is 250 g/mol. The van der Waals surface area contributed by atoms with Crippen molar-refractivity contribution in [1.82, 2.24) is 4.90 Å². The molecule has 1 fully saturated rings. The molecule has 0 aliphatic carbocycles. The Balaban J connectivity index is 2.25. The summed E-state index contributed by atoms with van der Waals surface area (Å²) in [6.45, 7) is 5.80. The van der Waals surface area contributed by atoms with Gasteiger partial charge < -0.3 is 10.0 Å². The highest BCUT2D eigenvalue weighted by Crippen LogP contribution is 2.29. The van der Waals surface area contributed by atoms with Crippen LogP contribution < -0.4 is 0 Å². The van der Waals surface area contributed by atoms with Crippen LogP contribution in [0, 0.1) is 17.3 Å². The predicted molar refractivity (Wildman–Crippen MR) is 79.3 cm³/mol. The van der Waals surface area contributed by atoms with E-state index >= 15 is 0 Å². The topological polar surface area (TPSA) is 40.5 Å². The highest BCUT2D eigenvalue weighted by Gasteiger charge is 2.30. The molecule has 1 saturated heterocycles. The van der Waals surface area contributed by atoms with Crippen molar-refractivity contribution in [2.24, 2.45) is 5.41 Å². The second-order valence-corrected chi connectivity index (χ2v) is 6.00. The lowest BCUT2D eigenvalue weighted by atomic mass is 9.84. The zero-order valence-corrected chi connectivity index (χ0v) is 12.1. The third-order valence-electron chi connectivity index (χ3n) is 3.65. The molecule has 0 saturated carbocycles. The first-order valence-corrected chi connectivity index (χ1v) is 7.01. The summed E-state index contributed by atoms with van der Waals surface area (Å²) in [5, 5.41) is 8.81. The highest BCUT2D eigenvalue weighted by atomic mass is 16.2. The molecule has 3 heteroatoms. The Morgan fingerprint density at radius 1 is 1.40 bits per heavy atom. The minimum atomic E-state index is -0.195. The fourth-order valence-corrected chi connectivity index (χ4v) is 2.68. The first-order valence-electron chi connectivity index (χ1n) is 7.01. The average Bonchev–Trinajstić information content (AvgIpc) is 2.43. The van der Waals surface area contributed by atoms with Gasteiger partial charge in [-0.05, 0) is 30.4 Å². The SMILES string of the molecule is CC1(C)CCCN(C(=O)c2ccccc2C#CCO)C1. The van der Waals surface area contributed by atoms with Gasteiger partial charge in [0.15, 0.2) is 0 Å². The van der Waals surface area contributed by atoms with Crippen LogP contribution >= 0.6 is 0 Å². The van der Waals surface area contributed by atoms with Crippen molar-refractivity contribution >= 4 is 5.91 Å². The molecule has 1 heterocycles. The van der Waals surface area contributed by atoms with Crippen LogP contribution in [-0.2, 0) is 0 Å². The minimum Gasteiger partial charge on any atom is -0.384 e. The van der Waals surface area contributed by atoms with Crippen molar-refractivity contribution in [3.63, 3.8) is 0 Å². The van der Waals surface area contributed by atoms with E-state index in [1.54, 1.807) is 0 Å². The second kappa shape index (κ2) is 6.11. The zero-order chi connectivity index (χ0) is 14.6. The van der Waals surface area contributed by atoms with Gasteiger partial charge in [0.1, 0.15) is 6.61 Å². The third-order valence-corrected chi connectivity index (χ3v) is 3.65. The summed E-state index contributed by atoms with van der Waals surface area (Å²) in [5.41, 5.74) is 1.50. The number of amides is 1. The van der Waals surface area contributed by atoms with Gasteiger partial charge in [-0.25, -0.2) is 0 Å². The van der Waals surface area contributed by atoms with Crippen molar-refractivity contribution in [1.29, 1.82) is 0 Å². The van der Waals surface area contributed by atoms with E-state index in [4.69, 9.17) is 5.11 Å². The molecule has 0 aromatic heterocycles. The van der Waals surface area contributed by atoms with Gasteiger partial charge in [0.25, 0.3) is 5.91 Å². The average molecular weight is 271 g/mol. The van der Waals surface area contributed by atoms with E-state index in [1.165, 1.54) is 0 Å². The maximum atomic E-state index is 12.7. The number of rotatable bonds is 1. The molecule has 106 valence electrons. The summed E-state index contributed by atoms with van der Waals surface area (Å²) in [6, 6.07) is 7.35. The van der Waals surface area contributed by atoms with E-state index in [0.29, 0.717) is 11.1 Å². The summed E-state index contributed by atoms with van der Waals surface area (Å²) >= 11 is 0. The van der Waals surface area contributed by atoms with Crippen LogP contribution in [0.1, 0.15) is 42.6 Å². The van der Waals surface area contributed by atoms with E-state index in [1.807, 2.05) is 29.2 Å². The first-order chi connectivity index (χ1) is 9.53. The van der Waals surface area contributed by atoms with Gasteiger partial charge in [0.2, 0.25) is 0 Å². The number of hydrogen-bond acceptors (Lipinski definition) is 2. The number of carbonyl (C=O) groups is 1. The fourth-order valence-electron chi connectivity index (χ4n) is 2.68. The molecule has 1 aromatic rings. The molecule has 1 aliphatic heterocycles. The number of nitrogens with zero attached hydrogens (tertiary/aromatic N) is 1. The standard InChI is InChI=1S/C17H21NO2/c1-17(2)10-6-11-18(13-17)16(20)15-9-4-3-7-14(15)8-5-12-19/h3-4,7,9,19H,6,10-13H2,1-2H3. The van der Waals surface area contributed by atoms with Crippen LogP contribution in [0.3, 0.4) is 0 Å². The predicted octanol–water partition coefficient (Wildman–Crippen LogP) is 2.29. The van der Waals surface area contributed by atoms with E-state index in [9.17, 15) is 4.79 Å². The number of aliphatic hydroxyl groups is 1. The Hall–Kier alpha value is -1.79. The molecule has 2 rings (SSSR count). The second-order valence-electron chi connectivity index (χ2n) is 6.00. The third kappa shape index (κ3) is 3.40. The van der Waals surface area contributed by atoms with Crippen LogP contribution in [0.4, 0.5) is 0 Å². The molecule has 0 radical (unpaired) electrons. The molecule has 20 heavy (non-hydrogen) atoms. The Labute approximate surface area is 120 Å². The summed E-state index contributed by atoms with van der Waals surface area (Å²) in [4.78, 5) is 14.6. The molecule has 0 atom stereocenters. The Morgan fingerprint density at radius 2 is 2.15 bits per heavy atom. The van der Waals surface area contributed by atoms with Crippen molar-refractivity contribution in [3.8, 4) is 11.8 Å². The van der Waals surface area contributed by atoms with Gasteiger partial charge in [-0.1, -0.05) is 37.8 Å². The Morgan fingerprint density at radius 3 is 2.85 bits per heavy atom. The van der Waals surface area contributed by atoms with Crippen LogP contribution in [0.15, 0.2) is 24.3 Å². The van der Waals surface area contributed by atoms with E-state index in [-0.39, 0.29) is 17.9 Å². The molecular formula is C17H21NO2. The normalized spacial score (nSPS) is 17.2. The van der Waals surface area contributed by atoms with Crippen molar-refractivity contribution in [2.45, 2.75) is 26.7 Å². The number of piperidine rings is 1. The van der Waals surface area contributed by atoms with Gasteiger partial charge in [0.05, 0.1) is 5.56 Å². The highest BCUT2D eigenvalue weighted by molar-refractivity contribution is 5.96. The molecule has 1 amide bonds. The van der Waals surface area contributed by atoms with E-state index in [2.05, 4.69) is 25.7 Å². The number of benzene rings is 1. The molecule has 1 aromatic carbocycles. The molecule has 0 bridgehead atoms. The van der Waals surface area contributed by atoms with E-state index in [0.717, 1.165) is 25.9 Å². The van der Waals surface area contributed by atoms with Crippen molar-refractivity contribution < 1.29 is 9.90 Å². The van der Waals surface area contributed by atoms with Crippen molar-refractivity contribution in [2.75, 3.05) is 19.7 Å². The quantitative estimate of drug-likeness (QED) is 0.796. The van der Waals surface area contributed by atoms with Gasteiger partial charge in [0, 0.05) is 18.7 Å². The lowest BCUT2D eigenvalue weighted by Gasteiger charge is -2.38. The number of carbonyl (C=O) groups excluding carboxylic acids is 1. The van der Waals surface area contributed by atoms with Gasteiger partial charge in [-0.2, -0.15) is 0 Å². The Bertz CT molecular complexity index is 552.